The molecule has 0 radical (unpaired) electrons. The Bertz CT molecular complexity index is 1410. The Kier molecular flexibility index (Phi) is 10.4. The standard InChI is InChI=1S/C28H30Cl2FN3O4S/c1-4-16-32-28(36)20(3)33(17-22-23(29)8-7-9-24(22)30)27(35)18-34(26-11-6-5-10-25(26)31)39(37,38)21-14-12-19(2)13-15-21/h5-15,20H,4,16-18H2,1-3H3,(H,32,36)/t20-/m1/s1. The molecule has 0 spiro atoms. The number of amides is 2. The van der Waals surface area contributed by atoms with Crippen molar-refractivity contribution in [3.63, 3.8) is 0 Å². The number of carbonyl (C=O) groups is 2. The fourth-order valence-corrected chi connectivity index (χ4v) is 5.78. The maximum absolute atomic E-state index is 15.0. The fraction of sp³-hybridized carbons (Fsp3) is 0.286. The van der Waals surface area contributed by atoms with Crippen LogP contribution in [0, 0.1) is 12.7 Å². The fourth-order valence-electron chi connectivity index (χ4n) is 3.84. The van der Waals surface area contributed by atoms with Crippen LogP contribution < -0.4 is 9.62 Å². The highest BCUT2D eigenvalue weighted by Gasteiger charge is 2.34. The van der Waals surface area contributed by atoms with Crippen LogP contribution in [0.15, 0.2) is 71.6 Å². The first kappa shape index (κ1) is 30.4. The maximum atomic E-state index is 15.0. The van der Waals surface area contributed by atoms with E-state index in [0.29, 0.717) is 22.8 Å². The zero-order valence-corrected chi connectivity index (χ0v) is 24.2. The van der Waals surface area contributed by atoms with Crippen LogP contribution in [0.5, 0.6) is 0 Å². The van der Waals surface area contributed by atoms with E-state index in [1.165, 1.54) is 42.2 Å². The summed E-state index contributed by atoms with van der Waals surface area (Å²) in [6, 6.07) is 15.1. The van der Waals surface area contributed by atoms with Gasteiger partial charge >= 0.3 is 0 Å². The molecule has 0 aromatic heterocycles. The summed E-state index contributed by atoms with van der Waals surface area (Å²) in [7, 11) is -4.38. The number of hydrogen-bond donors (Lipinski definition) is 1. The number of aryl methyl sites for hydroxylation is 1. The Balaban J connectivity index is 2.07. The van der Waals surface area contributed by atoms with Crippen LogP contribution in [0.3, 0.4) is 0 Å². The van der Waals surface area contributed by atoms with Crippen LogP contribution in [0.4, 0.5) is 10.1 Å². The quantitative estimate of drug-likeness (QED) is 0.314. The lowest BCUT2D eigenvalue weighted by Crippen LogP contribution is -2.51. The molecule has 3 rings (SSSR count). The highest BCUT2D eigenvalue weighted by molar-refractivity contribution is 7.92. The summed E-state index contributed by atoms with van der Waals surface area (Å²) in [5.74, 6) is -2.01. The molecule has 39 heavy (non-hydrogen) atoms. The van der Waals surface area contributed by atoms with Crippen LogP contribution in [0.2, 0.25) is 10.0 Å². The Morgan fingerprint density at radius 1 is 0.974 bits per heavy atom. The number of halogens is 3. The van der Waals surface area contributed by atoms with Crippen molar-refractivity contribution in [1.82, 2.24) is 10.2 Å². The molecule has 0 unspecified atom stereocenters. The topological polar surface area (TPSA) is 86.8 Å². The molecule has 3 aromatic carbocycles. The number of anilines is 1. The molecule has 0 saturated heterocycles. The van der Waals surface area contributed by atoms with Gasteiger partial charge in [0.15, 0.2) is 0 Å². The van der Waals surface area contributed by atoms with E-state index in [9.17, 15) is 22.4 Å². The number of para-hydroxylation sites is 1. The Hall–Kier alpha value is -3.14. The summed E-state index contributed by atoms with van der Waals surface area (Å²) in [6.45, 7) is 4.66. The van der Waals surface area contributed by atoms with Gasteiger partial charge in [0.1, 0.15) is 18.4 Å². The molecule has 0 aliphatic carbocycles. The van der Waals surface area contributed by atoms with E-state index in [4.69, 9.17) is 23.2 Å². The van der Waals surface area contributed by atoms with Crippen molar-refractivity contribution in [2.45, 2.75) is 44.7 Å². The lowest BCUT2D eigenvalue weighted by atomic mass is 10.1. The van der Waals surface area contributed by atoms with E-state index in [-0.39, 0.29) is 27.2 Å². The van der Waals surface area contributed by atoms with Crippen molar-refractivity contribution in [1.29, 1.82) is 0 Å². The van der Waals surface area contributed by atoms with Crippen LogP contribution >= 0.6 is 23.2 Å². The van der Waals surface area contributed by atoms with Crippen LogP contribution in [0.1, 0.15) is 31.4 Å². The van der Waals surface area contributed by atoms with E-state index in [1.807, 2.05) is 6.92 Å². The van der Waals surface area contributed by atoms with E-state index >= 15 is 0 Å². The smallest absolute Gasteiger partial charge is 0.264 e. The van der Waals surface area contributed by atoms with Gasteiger partial charge in [-0.05, 0) is 56.7 Å². The lowest BCUT2D eigenvalue weighted by molar-refractivity contribution is -0.139. The average molecular weight is 595 g/mol. The number of rotatable bonds is 11. The van der Waals surface area contributed by atoms with Crippen molar-refractivity contribution in [2.75, 3.05) is 17.4 Å². The minimum absolute atomic E-state index is 0.112. The first-order chi connectivity index (χ1) is 18.5. The van der Waals surface area contributed by atoms with Gasteiger partial charge in [-0.3, -0.25) is 13.9 Å². The van der Waals surface area contributed by atoms with Gasteiger partial charge in [-0.25, -0.2) is 12.8 Å². The molecule has 0 fully saturated rings. The Morgan fingerprint density at radius 3 is 2.18 bits per heavy atom. The zero-order chi connectivity index (χ0) is 28.7. The number of nitrogens with zero attached hydrogens (tertiary/aromatic N) is 2. The molecule has 1 N–H and O–H groups in total. The van der Waals surface area contributed by atoms with Crippen molar-refractivity contribution in [2.24, 2.45) is 0 Å². The van der Waals surface area contributed by atoms with E-state index in [1.54, 1.807) is 37.3 Å². The molecule has 0 aliphatic rings. The first-order valence-electron chi connectivity index (χ1n) is 12.3. The van der Waals surface area contributed by atoms with E-state index < -0.39 is 40.2 Å². The molecule has 0 aliphatic heterocycles. The normalized spacial score (nSPS) is 12.1. The number of hydrogen-bond acceptors (Lipinski definition) is 4. The third kappa shape index (κ3) is 7.29. The second-order valence-corrected chi connectivity index (χ2v) is 11.6. The maximum Gasteiger partial charge on any atom is 0.264 e. The molecule has 2 amide bonds. The SMILES string of the molecule is CCCNC(=O)[C@@H](C)N(Cc1c(Cl)cccc1Cl)C(=O)CN(c1ccccc1F)S(=O)(=O)c1ccc(C)cc1. The highest BCUT2D eigenvalue weighted by atomic mass is 35.5. The van der Waals surface area contributed by atoms with Gasteiger partial charge in [0.05, 0.1) is 10.6 Å². The lowest BCUT2D eigenvalue weighted by Gasteiger charge is -2.32. The highest BCUT2D eigenvalue weighted by Crippen LogP contribution is 2.29. The van der Waals surface area contributed by atoms with Gasteiger partial charge in [0.25, 0.3) is 10.0 Å². The van der Waals surface area contributed by atoms with E-state index in [2.05, 4.69) is 5.32 Å². The van der Waals surface area contributed by atoms with Crippen LogP contribution in [-0.2, 0) is 26.2 Å². The molecule has 208 valence electrons. The molecule has 1 atom stereocenters. The largest absolute Gasteiger partial charge is 0.354 e. The Labute approximate surface area is 238 Å². The van der Waals surface area contributed by atoms with Gasteiger partial charge in [0.2, 0.25) is 11.8 Å². The molecule has 7 nitrogen and oxygen atoms in total. The second-order valence-electron chi connectivity index (χ2n) is 8.96. The zero-order valence-electron chi connectivity index (χ0n) is 21.8. The predicted octanol–water partition coefficient (Wildman–Crippen LogP) is 5.58. The summed E-state index contributed by atoms with van der Waals surface area (Å²) in [5, 5.41) is 3.30. The summed E-state index contributed by atoms with van der Waals surface area (Å²) in [4.78, 5) is 27.8. The number of sulfonamides is 1. The first-order valence-corrected chi connectivity index (χ1v) is 14.5. The second kappa shape index (κ2) is 13.3. The molecular weight excluding hydrogens is 564 g/mol. The molecule has 0 saturated carbocycles. The average Bonchev–Trinajstić information content (AvgIpc) is 2.90. The number of benzene rings is 3. The molecular formula is C28H30Cl2FN3O4S. The minimum Gasteiger partial charge on any atom is -0.354 e. The van der Waals surface area contributed by atoms with Crippen molar-refractivity contribution in [3.05, 3.63) is 93.7 Å². The van der Waals surface area contributed by atoms with Crippen molar-refractivity contribution in [3.8, 4) is 0 Å². The van der Waals surface area contributed by atoms with Crippen LogP contribution in [-0.4, -0.2) is 44.3 Å². The van der Waals surface area contributed by atoms with Crippen molar-refractivity contribution >= 4 is 50.7 Å². The molecule has 0 bridgehead atoms. The molecule has 0 heterocycles. The summed E-state index contributed by atoms with van der Waals surface area (Å²) in [6.07, 6.45) is 0.679. The summed E-state index contributed by atoms with van der Waals surface area (Å²) in [5.41, 5.74) is 0.922. The van der Waals surface area contributed by atoms with Crippen molar-refractivity contribution < 1.29 is 22.4 Å². The minimum atomic E-state index is -4.38. The van der Waals surface area contributed by atoms with Gasteiger partial charge in [-0.1, -0.05) is 66.0 Å². The summed E-state index contributed by atoms with van der Waals surface area (Å²) < 4.78 is 43.1. The number of carbonyl (C=O) groups excluding carboxylic acids is 2. The molecule has 11 heteroatoms. The van der Waals surface area contributed by atoms with Gasteiger partial charge < -0.3 is 10.2 Å². The Morgan fingerprint density at radius 2 is 1.59 bits per heavy atom. The van der Waals surface area contributed by atoms with E-state index in [0.717, 1.165) is 11.6 Å². The van der Waals surface area contributed by atoms with Gasteiger partial charge in [-0.15, -0.1) is 0 Å². The third-order valence-electron chi connectivity index (χ3n) is 6.12. The monoisotopic (exact) mass is 593 g/mol. The summed E-state index contributed by atoms with van der Waals surface area (Å²) >= 11 is 12.7. The number of nitrogens with one attached hydrogen (secondary N) is 1. The third-order valence-corrected chi connectivity index (χ3v) is 8.60. The van der Waals surface area contributed by atoms with Gasteiger partial charge in [0, 0.05) is 28.7 Å². The predicted molar refractivity (Wildman–Crippen MR) is 152 cm³/mol. The van der Waals surface area contributed by atoms with Gasteiger partial charge in [-0.2, -0.15) is 0 Å². The molecule has 3 aromatic rings. The van der Waals surface area contributed by atoms with Crippen LogP contribution in [0.25, 0.3) is 0 Å².